The molecule has 0 fully saturated rings. The molecule has 0 unspecified atom stereocenters. The average Bonchev–Trinajstić information content (AvgIpc) is 2.80. The maximum absolute atomic E-state index is 9.58. The Balaban J connectivity index is 0.000000191. The lowest BCUT2D eigenvalue weighted by molar-refractivity contribution is 0.403. The first-order chi connectivity index (χ1) is 16.3. The van der Waals surface area contributed by atoms with Crippen LogP contribution in [0.2, 0.25) is 0 Å². The molecule has 0 spiro atoms. The quantitative estimate of drug-likeness (QED) is 0.167. The summed E-state index contributed by atoms with van der Waals surface area (Å²) in [6.07, 6.45) is 6.90. The molecule has 0 aliphatic heterocycles. The third-order valence-electron chi connectivity index (χ3n) is 4.71. The van der Waals surface area contributed by atoms with Gasteiger partial charge in [-0.25, -0.2) is 0 Å². The predicted molar refractivity (Wildman–Crippen MR) is 134 cm³/mol. The molecule has 0 saturated heterocycles. The van der Waals surface area contributed by atoms with Crippen molar-refractivity contribution in [1.29, 1.82) is 0 Å². The molecule has 0 saturated carbocycles. The minimum absolute atomic E-state index is 0.0235. The van der Waals surface area contributed by atoms with Gasteiger partial charge in [-0.05, 0) is 47.5 Å². The maximum Gasteiger partial charge on any atom is 0.164 e. The Morgan fingerprint density at radius 3 is 1.65 bits per heavy atom. The van der Waals surface area contributed by atoms with Gasteiger partial charge in [0.2, 0.25) is 0 Å². The first-order valence-electron chi connectivity index (χ1n) is 10.3. The van der Waals surface area contributed by atoms with Crippen LogP contribution in [0.4, 0.5) is 0 Å². The predicted octanol–water partition coefficient (Wildman–Crippen LogP) is 5.95. The molecule has 0 bridgehead atoms. The number of hydrogen-bond acceptors (Lipinski definition) is 6. The fraction of sp³-hybridized carbons (Fsp3) is 0. The average molecular weight is 456 g/mol. The smallest absolute Gasteiger partial charge is 0.164 e. The van der Waals surface area contributed by atoms with Gasteiger partial charge in [-0.1, -0.05) is 66.8 Å². The minimum Gasteiger partial charge on any atom is -0.508 e. The maximum atomic E-state index is 9.58. The Morgan fingerprint density at radius 2 is 0.971 bits per heavy atom. The standard InChI is InChI=1S/2C14H12O3/c15-12-5-3-10(4-6-12)1-2-11-7-13(16)9-14(17)8-11;15-12-6-2-1-4-10(12)8-9-11-5-3-7-13(16)14(11)17/h2*1-9,15-17H/b2-1+;9-8+. The highest BCUT2D eigenvalue weighted by Gasteiger charge is 2.02. The largest absolute Gasteiger partial charge is 0.508 e. The van der Waals surface area contributed by atoms with Gasteiger partial charge in [0.05, 0.1) is 0 Å². The summed E-state index contributed by atoms with van der Waals surface area (Å²) in [4.78, 5) is 0. The highest BCUT2D eigenvalue weighted by atomic mass is 16.3. The zero-order chi connectivity index (χ0) is 24.5. The summed E-state index contributed by atoms with van der Waals surface area (Å²) < 4.78 is 0. The van der Waals surface area contributed by atoms with Crippen LogP contribution >= 0.6 is 0 Å². The normalized spacial score (nSPS) is 10.8. The van der Waals surface area contributed by atoms with Crippen LogP contribution in [0.1, 0.15) is 22.3 Å². The lowest BCUT2D eigenvalue weighted by atomic mass is 10.1. The zero-order valence-corrected chi connectivity index (χ0v) is 18.1. The molecule has 0 heterocycles. The SMILES string of the molecule is Oc1ccc(/C=C/c2cc(O)cc(O)c2)cc1.Oc1ccccc1/C=C/c1cccc(O)c1O. The second-order valence-corrected chi connectivity index (χ2v) is 7.31. The van der Waals surface area contributed by atoms with E-state index >= 15 is 0 Å². The molecule has 0 atom stereocenters. The van der Waals surface area contributed by atoms with E-state index in [1.54, 1.807) is 85.0 Å². The van der Waals surface area contributed by atoms with Gasteiger partial charge < -0.3 is 30.6 Å². The van der Waals surface area contributed by atoms with Gasteiger partial charge in [-0.15, -0.1) is 0 Å². The van der Waals surface area contributed by atoms with Gasteiger partial charge in [0.1, 0.15) is 23.0 Å². The number of aromatic hydroxyl groups is 6. The summed E-state index contributed by atoms with van der Waals surface area (Å²) in [6, 6.07) is 22.7. The molecule has 0 aliphatic carbocycles. The third kappa shape index (κ3) is 6.83. The lowest BCUT2D eigenvalue weighted by Crippen LogP contribution is -1.76. The van der Waals surface area contributed by atoms with Gasteiger partial charge >= 0.3 is 0 Å². The molecule has 6 nitrogen and oxygen atoms in total. The van der Waals surface area contributed by atoms with Crippen molar-refractivity contribution in [3.05, 3.63) is 107 Å². The molecule has 6 N–H and O–H groups in total. The Kier molecular flexibility index (Phi) is 7.81. The van der Waals surface area contributed by atoms with Crippen LogP contribution < -0.4 is 0 Å². The van der Waals surface area contributed by atoms with E-state index in [-0.39, 0.29) is 34.5 Å². The molecule has 34 heavy (non-hydrogen) atoms. The van der Waals surface area contributed by atoms with Gasteiger partial charge in [0, 0.05) is 17.2 Å². The molecular weight excluding hydrogens is 432 g/mol. The summed E-state index contributed by atoms with van der Waals surface area (Å²) in [5.41, 5.74) is 2.77. The monoisotopic (exact) mass is 456 g/mol. The first-order valence-corrected chi connectivity index (χ1v) is 10.3. The van der Waals surface area contributed by atoms with E-state index in [2.05, 4.69) is 0 Å². The molecule has 6 heteroatoms. The highest BCUT2D eigenvalue weighted by Crippen LogP contribution is 2.30. The fourth-order valence-electron chi connectivity index (χ4n) is 2.98. The van der Waals surface area contributed by atoms with E-state index in [4.69, 9.17) is 5.11 Å². The van der Waals surface area contributed by atoms with E-state index in [0.717, 1.165) is 5.56 Å². The summed E-state index contributed by atoms with van der Waals surface area (Å²) in [6.45, 7) is 0. The second-order valence-electron chi connectivity index (χ2n) is 7.31. The second kappa shape index (κ2) is 11.2. The van der Waals surface area contributed by atoms with Crippen molar-refractivity contribution in [2.24, 2.45) is 0 Å². The molecular formula is C28H24O6. The number of benzene rings is 4. The fourth-order valence-corrected chi connectivity index (χ4v) is 2.98. The van der Waals surface area contributed by atoms with E-state index in [0.29, 0.717) is 16.7 Å². The number of phenols is 6. The Bertz CT molecular complexity index is 1290. The van der Waals surface area contributed by atoms with E-state index in [9.17, 15) is 25.5 Å². The summed E-state index contributed by atoms with van der Waals surface area (Å²) in [5, 5.41) is 56.2. The van der Waals surface area contributed by atoms with Crippen LogP contribution in [0.15, 0.2) is 84.9 Å². The van der Waals surface area contributed by atoms with E-state index in [1.165, 1.54) is 12.1 Å². The van der Waals surface area contributed by atoms with Crippen molar-refractivity contribution >= 4 is 24.3 Å². The Morgan fingerprint density at radius 1 is 0.412 bits per heavy atom. The lowest BCUT2D eigenvalue weighted by Gasteiger charge is -2.01. The number of phenolic OH excluding ortho intramolecular Hbond substituents is 6. The molecule has 0 amide bonds. The highest BCUT2D eigenvalue weighted by molar-refractivity contribution is 5.75. The van der Waals surface area contributed by atoms with Crippen LogP contribution in [-0.4, -0.2) is 30.6 Å². The van der Waals surface area contributed by atoms with Gasteiger partial charge in [-0.3, -0.25) is 0 Å². The van der Waals surface area contributed by atoms with Crippen molar-refractivity contribution in [1.82, 2.24) is 0 Å². The van der Waals surface area contributed by atoms with Gasteiger partial charge in [-0.2, -0.15) is 0 Å². The molecule has 4 rings (SSSR count). The Hall–Kier alpha value is -4.84. The van der Waals surface area contributed by atoms with Crippen LogP contribution in [0.5, 0.6) is 34.5 Å². The van der Waals surface area contributed by atoms with E-state index in [1.807, 2.05) is 12.1 Å². The topological polar surface area (TPSA) is 121 Å². The van der Waals surface area contributed by atoms with Crippen LogP contribution in [0.25, 0.3) is 24.3 Å². The molecule has 4 aromatic rings. The van der Waals surface area contributed by atoms with Crippen LogP contribution in [-0.2, 0) is 0 Å². The third-order valence-corrected chi connectivity index (χ3v) is 4.71. The molecule has 0 aliphatic rings. The van der Waals surface area contributed by atoms with Crippen LogP contribution in [0.3, 0.4) is 0 Å². The Labute approximate surface area is 196 Å². The number of para-hydroxylation sites is 2. The zero-order valence-electron chi connectivity index (χ0n) is 18.1. The van der Waals surface area contributed by atoms with Crippen molar-refractivity contribution in [2.75, 3.05) is 0 Å². The molecule has 4 aromatic carbocycles. The summed E-state index contributed by atoms with van der Waals surface area (Å²) in [5.74, 6) is 0.106. The number of hydrogen-bond donors (Lipinski definition) is 6. The van der Waals surface area contributed by atoms with Crippen molar-refractivity contribution < 1.29 is 30.6 Å². The summed E-state index contributed by atoms with van der Waals surface area (Å²) in [7, 11) is 0. The minimum atomic E-state index is -0.167. The van der Waals surface area contributed by atoms with E-state index < -0.39 is 0 Å². The van der Waals surface area contributed by atoms with Crippen molar-refractivity contribution in [3.63, 3.8) is 0 Å². The molecule has 172 valence electrons. The van der Waals surface area contributed by atoms with Gasteiger partial charge in [0.25, 0.3) is 0 Å². The summed E-state index contributed by atoms with van der Waals surface area (Å²) >= 11 is 0. The number of rotatable bonds is 4. The first kappa shape index (κ1) is 23.8. The van der Waals surface area contributed by atoms with Crippen molar-refractivity contribution in [3.8, 4) is 34.5 Å². The van der Waals surface area contributed by atoms with Crippen molar-refractivity contribution in [2.45, 2.75) is 0 Å². The molecule has 0 radical (unpaired) electrons. The molecule has 0 aromatic heterocycles. The van der Waals surface area contributed by atoms with Crippen LogP contribution in [0, 0.1) is 0 Å². The van der Waals surface area contributed by atoms with Gasteiger partial charge in [0.15, 0.2) is 11.5 Å².